The van der Waals surface area contributed by atoms with Crippen LogP contribution in [0.25, 0.3) is 0 Å². The van der Waals surface area contributed by atoms with Crippen molar-refractivity contribution < 1.29 is 30.0 Å². The molecular weight excluding hydrogens is 849 g/mol. The van der Waals surface area contributed by atoms with Crippen molar-refractivity contribution in [2.75, 3.05) is 5.33 Å². The van der Waals surface area contributed by atoms with E-state index in [9.17, 15) is 30.0 Å². The third kappa shape index (κ3) is 10.1. The summed E-state index contributed by atoms with van der Waals surface area (Å²) >= 11 is 3.35. The molecule has 364 valence electrons. The summed E-state index contributed by atoms with van der Waals surface area (Å²) in [4.78, 5) is 25.3. The number of alkyl halides is 1. The van der Waals surface area contributed by atoms with Gasteiger partial charge in [0, 0.05) is 23.6 Å². The van der Waals surface area contributed by atoms with Crippen LogP contribution in [0.2, 0.25) is 0 Å². The van der Waals surface area contributed by atoms with Gasteiger partial charge >= 0.3 is 0 Å². The second kappa shape index (κ2) is 19.6. The highest BCUT2D eigenvalue weighted by Crippen LogP contribution is 2.70. The highest BCUT2D eigenvalue weighted by Gasteiger charge is 2.66. The second-order valence-corrected chi connectivity index (χ2v) is 27.4. The van der Waals surface area contributed by atoms with E-state index in [1.54, 1.807) is 0 Å². The Kier molecular flexibility index (Phi) is 16.2. The van der Waals surface area contributed by atoms with Gasteiger partial charge in [0.25, 0.3) is 0 Å². The molecule has 0 aromatic carbocycles. The van der Waals surface area contributed by atoms with Gasteiger partial charge in [0.2, 0.25) is 0 Å². The SMILES string of the molecule is CC(C)CCBr.CC(C)CC[C@H](O)[C@@H](C)[C@H]1CC[C@H]2[C@@H]3CC[C@H]4C[C@@](C)(O)CC[C@]4(C)[C@H]3C(=O)C[C@]12C.C[C@H](C=O)[C@H]1CC[C@H]2[C@@H]3CC[C@H]4C[C@@](C)(O)CC[C@]4(C)[C@H]3[C@@H](O)C[C@]12C. The van der Waals surface area contributed by atoms with E-state index >= 15 is 0 Å². The van der Waals surface area contributed by atoms with Crippen LogP contribution in [0.4, 0.5) is 0 Å². The molecule has 20 atom stereocenters. The zero-order chi connectivity index (χ0) is 46.7. The van der Waals surface area contributed by atoms with Crippen LogP contribution < -0.4 is 0 Å². The van der Waals surface area contributed by atoms with Crippen molar-refractivity contribution in [1.29, 1.82) is 0 Å². The number of halogens is 1. The predicted octanol–water partition coefficient (Wildman–Crippen LogP) is 12.6. The number of hydrogen-bond acceptors (Lipinski definition) is 6. The molecule has 8 aliphatic carbocycles. The number of aliphatic hydroxyl groups excluding tert-OH is 2. The van der Waals surface area contributed by atoms with Crippen molar-refractivity contribution in [3.63, 3.8) is 0 Å². The molecule has 0 amide bonds. The Bertz CT molecular complexity index is 1560. The minimum Gasteiger partial charge on any atom is -0.393 e. The molecule has 4 N–H and O–H groups in total. The Morgan fingerprint density at radius 2 is 1.16 bits per heavy atom. The first-order valence-corrected chi connectivity index (χ1v) is 27.8. The van der Waals surface area contributed by atoms with Crippen molar-refractivity contribution in [2.45, 2.75) is 228 Å². The lowest BCUT2D eigenvalue weighted by atomic mass is 9.43. The first kappa shape index (κ1) is 52.0. The third-order valence-electron chi connectivity index (χ3n) is 21.5. The van der Waals surface area contributed by atoms with Gasteiger partial charge in [0.15, 0.2) is 0 Å². The molecule has 8 saturated carbocycles. The predicted molar refractivity (Wildman–Crippen MR) is 261 cm³/mol. The molecule has 0 saturated heterocycles. The van der Waals surface area contributed by atoms with Gasteiger partial charge in [-0.1, -0.05) is 85.2 Å². The second-order valence-electron chi connectivity index (χ2n) is 26.6. The quantitative estimate of drug-likeness (QED) is 0.135. The lowest BCUT2D eigenvalue weighted by molar-refractivity contribution is -0.189. The van der Waals surface area contributed by atoms with Crippen LogP contribution in [-0.2, 0) is 9.59 Å². The summed E-state index contributed by atoms with van der Waals surface area (Å²) in [5.41, 5.74) is -0.666. The first-order valence-electron chi connectivity index (χ1n) is 26.6. The van der Waals surface area contributed by atoms with Crippen molar-refractivity contribution in [2.24, 2.45) is 105 Å². The van der Waals surface area contributed by atoms with Crippen LogP contribution in [0.3, 0.4) is 0 Å². The summed E-state index contributed by atoms with van der Waals surface area (Å²) in [6.45, 7) is 26.8. The van der Waals surface area contributed by atoms with Crippen molar-refractivity contribution in [3.05, 3.63) is 0 Å². The summed E-state index contributed by atoms with van der Waals surface area (Å²) < 4.78 is 0. The van der Waals surface area contributed by atoms with E-state index in [2.05, 4.69) is 85.2 Å². The lowest BCUT2D eigenvalue weighted by Gasteiger charge is -2.63. The van der Waals surface area contributed by atoms with Crippen LogP contribution in [0.1, 0.15) is 205 Å². The molecule has 0 heterocycles. The summed E-state index contributed by atoms with van der Waals surface area (Å²) in [7, 11) is 0. The van der Waals surface area contributed by atoms with Gasteiger partial charge in [0.1, 0.15) is 12.1 Å². The number of fused-ring (bicyclic) bond motifs is 10. The molecule has 8 fully saturated rings. The van der Waals surface area contributed by atoms with Gasteiger partial charge in [-0.05, 0) is 222 Å². The third-order valence-corrected chi connectivity index (χ3v) is 21.9. The van der Waals surface area contributed by atoms with E-state index in [0.29, 0.717) is 71.4 Å². The Hall–Kier alpha value is -0.340. The number of hydrogen-bond donors (Lipinski definition) is 4. The summed E-state index contributed by atoms with van der Waals surface area (Å²) in [5.74, 6) is 7.23. The van der Waals surface area contributed by atoms with Gasteiger partial charge in [-0.3, -0.25) is 4.79 Å². The number of rotatable bonds is 9. The van der Waals surface area contributed by atoms with Crippen LogP contribution in [0.5, 0.6) is 0 Å². The largest absolute Gasteiger partial charge is 0.393 e. The molecule has 0 aliphatic heterocycles. The molecule has 6 nitrogen and oxygen atoms in total. The molecule has 8 aliphatic rings. The number of ketones is 1. The average Bonchev–Trinajstić information content (AvgIpc) is 3.72. The Labute approximate surface area is 394 Å². The number of aldehydes is 1. The van der Waals surface area contributed by atoms with Crippen LogP contribution in [-0.4, -0.2) is 61.2 Å². The van der Waals surface area contributed by atoms with Crippen molar-refractivity contribution in [3.8, 4) is 0 Å². The number of aliphatic hydroxyl groups is 4. The van der Waals surface area contributed by atoms with E-state index in [1.165, 1.54) is 44.9 Å². The summed E-state index contributed by atoms with van der Waals surface area (Å²) in [6, 6.07) is 0. The topological polar surface area (TPSA) is 115 Å². The van der Waals surface area contributed by atoms with Gasteiger partial charge in [0.05, 0.1) is 23.4 Å². The molecule has 0 radical (unpaired) electrons. The zero-order valence-corrected chi connectivity index (χ0v) is 44.0. The van der Waals surface area contributed by atoms with Crippen molar-refractivity contribution >= 4 is 28.0 Å². The highest BCUT2D eigenvalue weighted by atomic mass is 79.9. The maximum atomic E-state index is 13.8. The Morgan fingerprint density at radius 3 is 1.70 bits per heavy atom. The Morgan fingerprint density at radius 1 is 0.635 bits per heavy atom. The summed E-state index contributed by atoms with van der Waals surface area (Å²) in [6.07, 6.45) is 20.5. The van der Waals surface area contributed by atoms with E-state index in [1.807, 2.05) is 13.8 Å². The maximum Gasteiger partial charge on any atom is 0.137 e. The number of carbonyl (C=O) groups excluding carboxylic acids is 2. The van der Waals surface area contributed by atoms with E-state index in [4.69, 9.17) is 0 Å². The molecule has 0 unspecified atom stereocenters. The smallest absolute Gasteiger partial charge is 0.137 e. The fraction of sp³-hybridized carbons (Fsp3) is 0.964. The molecular formula is C56H97BrO6. The molecule has 0 aromatic rings. The number of Topliss-reactive ketones (excluding diaryl/α,β-unsaturated/α-hetero) is 1. The molecule has 63 heavy (non-hydrogen) atoms. The zero-order valence-electron chi connectivity index (χ0n) is 42.4. The lowest BCUT2D eigenvalue weighted by Crippen LogP contribution is -2.60. The molecule has 7 heteroatoms. The Balaban J connectivity index is 0.000000188. The molecule has 0 spiro atoms. The van der Waals surface area contributed by atoms with E-state index < -0.39 is 11.2 Å². The van der Waals surface area contributed by atoms with Gasteiger partial charge < -0.3 is 25.2 Å². The minimum atomic E-state index is -0.552. The van der Waals surface area contributed by atoms with Gasteiger partial charge in [-0.15, -0.1) is 0 Å². The van der Waals surface area contributed by atoms with Gasteiger partial charge in [-0.25, -0.2) is 0 Å². The standard InChI is InChI=1S/C28H48O3.C23H38O3.C5H11Br/c1-17(2)7-12-23(29)18(3)21-10-11-22-20-9-8-19-15-26(4,31)13-14-27(19,5)25(20)24(30)16-28(21,22)6;1-14(13-24)17-7-8-18-16-6-5-15-11-21(2,26)9-10-22(15,3)20(16)19(25)12-23(17,18)4;1-5(2)3-4-6/h17-23,25,29,31H,7-16H2,1-6H3;13-20,25-26H,5-12H2,1-4H3;5H,3-4H2,1-2H3/t18-,19-,20-,21+,22-,23-,25+,26-,27-,28+;14-,15+,16+,17-,18+,19+,20-,21+,22+,23-;/m01./s1. The van der Waals surface area contributed by atoms with Crippen LogP contribution >= 0.6 is 15.9 Å². The van der Waals surface area contributed by atoms with Crippen molar-refractivity contribution in [1.82, 2.24) is 0 Å². The molecule has 8 rings (SSSR count). The van der Waals surface area contributed by atoms with E-state index in [-0.39, 0.29) is 51.6 Å². The first-order chi connectivity index (χ1) is 29.3. The molecule has 0 aromatic heterocycles. The highest BCUT2D eigenvalue weighted by molar-refractivity contribution is 9.09. The normalized spacial score (nSPS) is 49.0. The van der Waals surface area contributed by atoms with Gasteiger partial charge in [-0.2, -0.15) is 0 Å². The summed E-state index contributed by atoms with van der Waals surface area (Å²) in [5, 5.41) is 44.8. The molecule has 0 bridgehead atoms. The van der Waals surface area contributed by atoms with Crippen LogP contribution in [0.15, 0.2) is 0 Å². The van der Waals surface area contributed by atoms with Crippen LogP contribution in [0, 0.1) is 105 Å². The minimum absolute atomic E-state index is 0.0554. The fourth-order valence-corrected chi connectivity index (χ4v) is 18.9. The average molecular weight is 946 g/mol. The van der Waals surface area contributed by atoms with E-state index in [0.717, 1.165) is 88.2 Å². The monoisotopic (exact) mass is 945 g/mol. The maximum absolute atomic E-state index is 13.8. The fourth-order valence-electron chi connectivity index (χ4n) is 18.0. The number of carbonyl (C=O) groups is 2.